The molecule has 1 N–H and O–H groups in total. The fourth-order valence-corrected chi connectivity index (χ4v) is 2.75. The number of benzene rings is 1. The largest absolute Gasteiger partial charge is 0.382 e. The Kier molecular flexibility index (Phi) is 5.07. The SMILES string of the molecule is O=C(NCCCn1cccn1)C1CC(c2cccc(Br)c2)=NO1. The van der Waals surface area contributed by atoms with Gasteiger partial charge in [0.1, 0.15) is 0 Å². The van der Waals surface area contributed by atoms with Gasteiger partial charge in [-0.2, -0.15) is 5.10 Å². The predicted molar refractivity (Wildman–Crippen MR) is 90.0 cm³/mol. The van der Waals surface area contributed by atoms with Crippen LogP contribution in [0.4, 0.5) is 0 Å². The summed E-state index contributed by atoms with van der Waals surface area (Å²) in [5, 5.41) is 11.0. The third kappa shape index (κ3) is 4.19. The lowest BCUT2D eigenvalue weighted by Crippen LogP contribution is -2.35. The zero-order valence-corrected chi connectivity index (χ0v) is 14.1. The Hall–Kier alpha value is -2.15. The molecule has 0 radical (unpaired) electrons. The topological polar surface area (TPSA) is 68.5 Å². The van der Waals surface area contributed by atoms with Gasteiger partial charge in [-0.25, -0.2) is 0 Å². The van der Waals surface area contributed by atoms with Crippen LogP contribution in [0.5, 0.6) is 0 Å². The number of carbonyl (C=O) groups is 1. The second kappa shape index (κ2) is 7.41. The molecule has 1 aliphatic heterocycles. The number of hydrogen-bond acceptors (Lipinski definition) is 4. The fourth-order valence-electron chi connectivity index (χ4n) is 2.36. The maximum atomic E-state index is 12.1. The molecule has 0 aliphatic carbocycles. The molecule has 1 atom stereocenters. The first-order chi connectivity index (χ1) is 11.2. The molecule has 23 heavy (non-hydrogen) atoms. The van der Waals surface area contributed by atoms with E-state index in [9.17, 15) is 4.79 Å². The molecule has 2 heterocycles. The van der Waals surface area contributed by atoms with E-state index in [0.29, 0.717) is 13.0 Å². The van der Waals surface area contributed by atoms with E-state index in [2.05, 4.69) is 31.5 Å². The zero-order valence-electron chi connectivity index (χ0n) is 12.5. The number of oxime groups is 1. The maximum absolute atomic E-state index is 12.1. The summed E-state index contributed by atoms with van der Waals surface area (Å²) in [5.41, 5.74) is 1.76. The Morgan fingerprint density at radius 3 is 3.13 bits per heavy atom. The summed E-state index contributed by atoms with van der Waals surface area (Å²) in [6.07, 6.45) is 4.40. The summed E-state index contributed by atoms with van der Waals surface area (Å²) >= 11 is 3.43. The molecule has 1 amide bonds. The van der Waals surface area contributed by atoms with Crippen molar-refractivity contribution in [2.24, 2.45) is 5.16 Å². The first-order valence-corrected chi connectivity index (χ1v) is 8.25. The van der Waals surface area contributed by atoms with Gasteiger partial charge in [-0.1, -0.05) is 33.2 Å². The highest BCUT2D eigenvalue weighted by Gasteiger charge is 2.28. The molecule has 1 unspecified atom stereocenters. The predicted octanol–water partition coefficient (Wildman–Crippen LogP) is 2.35. The molecule has 2 aromatic rings. The molecule has 7 heteroatoms. The van der Waals surface area contributed by atoms with E-state index < -0.39 is 6.10 Å². The molecule has 6 nitrogen and oxygen atoms in total. The van der Waals surface area contributed by atoms with E-state index in [1.54, 1.807) is 6.20 Å². The Balaban J connectivity index is 1.43. The number of rotatable bonds is 6. The summed E-state index contributed by atoms with van der Waals surface area (Å²) in [6.45, 7) is 1.36. The van der Waals surface area contributed by atoms with Gasteiger partial charge in [0.2, 0.25) is 6.10 Å². The molecule has 120 valence electrons. The van der Waals surface area contributed by atoms with Crippen molar-refractivity contribution in [3.05, 3.63) is 52.8 Å². The number of halogens is 1. The molecule has 1 aromatic heterocycles. The van der Waals surface area contributed by atoms with Crippen LogP contribution >= 0.6 is 15.9 Å². The van der Waals surface area contributed by atoms with E-state index in [0.717, 1.165) is 28.7 Å². The highest BCUT2D eigenvalue weighted by molar-refractivity contribution is 9.10. The van der Waals surface area contributed by atoms with Crippen LogP contribution in [0.25, 0.3) is 0 Å². The van der Waals surface area contributed by atoms with Crippen molar-refractivity contribution in [1.29, 1.82) is 0 Å². The van der Waals surface area contributed by atoms with Gasteiger partial charge in [0.25, 0.3) is 5.91 Å². The lowest BCUT2D eigenvalue weighted by Gasteiger charge is -2.09. The second-order valence-corrected chi connectivity index (χ2v) is 6.18. The molecule has 0 saturated heterocycles. The molecular weight excluding hydrogens is 360 g/mol. The second-order valence-electron chi connectivity index (χ2n) is 5.26. The molecule has 0 saturated carbocycles. The number of nitrogens with zero attached hydrogens (tertiary/aromatic N) is 3. The van der Waals surface area contributed by atoms with E-state index >= 15 is 0 Å². The van der Waals surface area contributed by atoms with Crippen LogP contribution < -0.4 is 5.32 Å². The maximum Gasteiger partial charge on any atom is 0.264 e. The average Bonchev–Trinajstić information content (AvgIpc) is 3.23. The minimum atomic E-state index is -0.548. The van der Waals surface area contributed by atoms with Crippen molar-refractivity contribution in [3.8, 4) is 0 Å². The molecule has 1 aliphatic rings. The van der Waals surface area contributed by atoms with Crippen molar-refractivity contribution >= 4 is 27.5 Å². The normalized spacial score (nSPS) is 16.7. The molecular formula is C16H17BrN4O2. The van der Waals surface area contributed by atoms with Crippen LogP contribution in [0.15, 0.2) is 52.4 Å². The molecule has 3 rings (SSSR count). The lowest BCUT2D eigenvalue weighted by atomic mass is 10.0. The Labute approximate surface area is 142 Å². The van der Waals surface area contributed by atoms with E-state index in [-0.39, 0.29) is 5.91 Å². The summed E-state index contributed by atoms with van der Waals surface area (Å²) in [5.74, 6) is -0.126. The first-order valence-electron chi connectivity index (χ1n) is 7.46. The fraction of sp³-hybridized carbons (Fsp3) is 0.312. The van der Waals surface area contributed by atoms with Gasteiger partial charge in [0.15, 0.2) is 0 Å². The summed E-state index contributed by atoms with van der Waals surface area (Å²) in [6, 6.07) is 9.68. The number of carbonyl (C=O) groups excluding carboxylic acids is 1. The van der Waals surface area contributed by atoms with Crippen LogP contribution in [-0.4, -0.2) is 34.0 Å². The number of amides is 1. The minimum Gasteiger partial charge on any atom is -0.382 e. The van der Waals surface area contributed by atoms with Gasteiger partial charge in [-0.15, -0.1) is 0 Å². The summed E-state index contributed by atoms with van der Waals surface area (Å²) in [7, 11) is 0. The third-order valence-corrected chi connectivity index (χ3v) is 4.03. The average molecular weight is 377 g/mol. The van der Waals surface area contributed by atoms with Crippen molar-refractivity contribution < 1.29 is 9.63 Å². The third-order valence-electron chi connectivity index (χ3n) is 3.54. The Morgan fingerprint density at radius 2 is 2.35 bits per heavy atom. The van der Waals surface area contributed by atoms with Crippen LogP contribution in [0, 0.1) is 0 Å². The zero-order chi connectivity index (χ0) is 16.1. The number of aryl methyl sites for hydroxylation is 1. The van der Waals surface area contributed by atoms with Gasteiger partial charge in [-0.05, 0) is 24.6 Å². The molecule has 0 bridgehead atoms. The lowest BCUT2D eigenvalue weighted by molar-refractivity contribution is -0.131. The first kappa shape index (κ1) is 15.7. The van der Waals surface area contributed by atoms with Gasteiger partial charge < -0.3 is 10.2 Å². The molecule has 1 aromatic carbocycles. The number of nitrogens with one attached hydrogen (secondary N) is 1. The van der Waals surface area contributed by atoms with Crippen LogP contribution in [0.2, 0.25) is 0 Å². The van der Waals surface area contributed by atoms with E-state index in [1.165, 1.54) is 0 Å². The standard InChI is InChI=1S/C16H17BrN4O2/c17-13-5-1-4-12(10-13)14-11-15(23-20-14)16(22)18-6-2-8-21-9-3-7-19-21/h1,3-5,7,9-10,15H,2,6,8,11H2,(H,18,22). The quantitative estimate of drug-likeness (QED) is 0.786. The molecule has 0 spiro atoms. The smallest absolute Gasteiger partial charge is 0.264 e. The van der Waals surface area contributed by atoms with Crippen LogP contribution in [0.1, 0.15) is 18.4 Å². The summed E-state index contributed by atoms with van der Waals surface area (Å²) in [4.78, 5) is 17.4. The van der Waals surface area contributed by atoms with Crippen molar-refractivity contribution in [2.75, 3.05) is 6.54 Å². The van der Waals surface area contributed by atoms with Gasteiger partial charge in [0.05, 0.1) is 5.71 Å². The minimum absolute atomic E-state index is 0.126. The van der Waals surface area contributed by atoms with Crippen LogP contribution in [0.3, 0.4) is 0 Å². The Bertz CT molecular complexity index is 700. The van der Waals surface area contributed by atoms with Crippen molar-refractivity contribution in [1.82, 2.24) is 15.1 Å². The van der Waals surface area contributed by atoms with E-state index in [4.69, 9.17) is 4.84 Å². The Morgan fingerprint density at radius 1 is 1.43 bits per heavy atom. The summed E-state index contributed by atoms with van der Waals surface area (Å²) < 4.78 is 2.82. The van der Waals surface area contributed by atoms with Gasteiger partial charge >= 0.3 is 0 Å². The highest BCUT2D eigenvalue weighted by Crippen LogP contribution is 2.19. The molecule has 0 fully saturated rings. The van der Waals surface area contributed by atoms with Gasteiger partial charge in [-0.3, -0.25) is 9.48 Å². The number of hydrogen-bond donors (Lipinski definition) is 1. The van der Waals surface area contributed by atoms with Crippen molar-refractivity contribution in [2.45, 2.75) is 25.5 Å². The monoisotopic (exact) mass is 376 g/mol. The van der Waals surface area contributed by atoms with E-state index in [1.807, 2.05) is 41.2 Å². The van der Waals surface area contributed by atoms with Gasteiger partial charge in [0, 0.05) is 41.9 Å². The van der Waals surface area contributed by atoms with Crippen molar-refractivity contribution in [3.63, 3.8) is 0 Å². The van der Waals surface area contributed by atoms with Crippen LogP contribution in [-0.2, 0) is 16.2 Å². The number of aromatic nitrogens is 2. The highest BCUT2D eigenvalue weighted by atomic mass is 79.9.